The zero-order valence-corrected chi connectivity index (χ0v) is 42.0. The lowest BCUT2D eigenvalue weighted by atomic mass is 9.69. The largest absolute Gasteiger partial charge is 0.489 e. The summed E-state index contributed by atoms with van der Waals surface area (Å²) in [5.74, 6) is -0.707. The van der Waals surface area contributed by atoms with Gasteiger partial charge < -0.3 is 34.7 Å². The van der Waals surface area contributed by atoms with Crippen LogP contribution in [-0.4, -0.2) is 114 Å². The van der Waals surface area contributed by atoms with Gasteiger partial charge in [0, 0.05) is 87.7 Å². The first-order chi connectivity index (χ1) is 34.4. The van der Waals surface area contributed by atoms with Crippen molar-refractivity contribution < 1.29 is 41.9 Å². The van der Waals surface area contributed by atoms with E-state index in [9.17, 15) is 37.6 Å². The minimum atomic E-state index is -4.74. The van der Waals surface area contributed by atoms with Gasteiger partial charge in [0.05, 0.1) is 38.6 Å². The number of rotatable bonds is 12. The molecule has 4 N–H and O–H groups in total. The molecule has 0 bridgehead atoms. The Morgan fingerprint density at radius 2 is 1.79 bits per heavy atom. The number of fused-ring (bicyclic) bond motifs is 2. The number of nitrogens with zero attached hydrogens (tertiary/aromatic N) is 5. The average Bonchev–Trinajstić information content (AvgIpc) is 3.73. The molecule has 17 nitrogen and oxygen atoms in total. The summed E-state index contributed by atoms with van der Waals surface area (Å²) in [6.07, 6.45) is 8.33. The molecule has 5 aromatic rings. The third kappa shape index (κ3) is 9.69. The SMILES string of the molecule is CCC(=O)N1CC[C@H](N2CC3(CCN(c4ccc(C(=O)NS(=O)(=O)c5cc6c(c([N+](=O)[O-])c5)N[C@@H](C5CCC(C)(O)CC5)CO6)c(Oc5cnc6[nH]cc(F)c6c5)c4)CC3)C2)[C@H](c2ccccc2C(C)C)C1. The Balaban J connectivity index is 0.863. The number of nitrogens with one attached hydrogen (secondary N) is 3. The fourth-order valence-corrected chi connectivity index (χ4v) is 12.9. The Labute approximate surface area is 418 Å². The summed E-state index contributed by atoms with van der Waals surface area (Å²) in [5, 5.41) is 26.3. The van der Waals surface area contributed by atoms with E-state index in [0.717, 1.165) is 69.8 Å². The van der Waals surface area contributed by atoms with Gasteiger partial charge in [0.25, 0.3) is 21.6 Å². The molecule has 0 radical (unpaired) electrons. The van der Waals surface area contributed by atoms with E-state index in [1.165, 1.54) is 35.7 Å². The number of aromatic amines is 1. The van der Waals surface area contributed by atoms with E-state index in [-0.39, 0.29) is 69.7 Å². The topological polar surface area (TPSA) is 213 Å². The van der Waals surface area contributed by atoms with Crippen LogP contribution in [0.15, 0.2) is 78.0 Å². The number of piperidine rings is 2. The molecule has 2 aromatic heterocycles. The molecule has 10 rings (SSSR count). The summed E-state index contributed by atoms with van der Waals surface area (Å²) in [4.78, 5) is 52.2. The van der Waals surface area contributed by atoms with Gasteiger partial charge in [0.2, 0.25) is 5.91 Å². The van der Waals surface area contributed by atoms with Gasteiger partial charge in [-0.2, -0.15) is 0 Å². The van der Waals surface area contributed by atoms with E-state index in [0.29, 0.717) is 56.3 Å². The molecule has 72 heavy (non-hydrogen) atoms. The molecule has 19 heteroatoms. The van der Waals surface area contributed by atoms with Gasteiger partial charge in [0.1, 0.15) is 29.6 Å². The summed E-state index contributed by atoms with van der Waals surface area (Å²) in [6, 6.07) is 17.1. The summed E-state index contributed by atoms with van der Waals surface area (Å²) < 4.78 is 57.1. The smallest absolute Gasteiger partial charge is 0.297 e. The van der Waals surface area contributed by atoms with Crippen LogP contribution in [0, 0.1) is 27.3 Å². The van der Waals surface area contributed by atoms with E-state index in [2.05, 4.69) is 67.9 Å². The van der Waals surface area contributed by atoms with E-state index in [4.69, 9.17) is 9.47 Å². The maximum Gasteiger partial charge on any atom is 0.297 e. The van der Waals surface area contributed by atoms with Gasteiger partial charge in [0.15, 0.2) is 11.4 Å². The van der Waals surface area contributed by atoms with Gasteiger partial charge >= 0.3 is 0 Å². The number of likely N-dealkylation sites (tertiary alicyclic amines) is 2. The lowest BCUT2D eigenvalue weighted by Gasteiger charge is -2.59. The number of nitro groups is 1. The molecule has 3 aromatic carbocycles. The number of ether oxygens (including phenoxy) is 2. The molecule has 4 fully saturated rings. The van der Waals surface area contributed by atoms with Crippen LogP contribution >= 0.6 is 0 Å². The Hall–Kier alpha value is -6.31. The van der Waals surface area contributed by atoms with E-state index < -0.39 is 42.9 Å². The Kier molecular flexibility index (Phi) is 13.2. The first-order valence-corrected chi connectivity index (χ1v) is 26.7. The second-order valence-electron chi connectivity index (χ2n) is 21.2. The fourth-order valence-electron chi connectivity index (χ4n) is 11.9. The summed E-state index contributed by atoms with van der Waals surface area (Å²) in [6.45, 7) is 13.1. The number of aromatic nitrogens is 2. The van der Waals surface area contributed by atoms with Crippen LogP contribution in [0.3, 0.4) is 0 Å². The van der Waals surface area contributed by atoms with Crippen LogP contribution in [0.4, 0.5) is 21.5 Å². The second-order valence-corrected chi connectivity index (χ2v) is 22.9. The minimum Gasteiger partial charge on any atom is -0.489 e. The van der Waals surface area contributed by atoms with Gasteiger partial charge in [-0.25, -0.2) is 22.5 Å². The number of hydrogen-bond donors (Lipinski definition) is 4. The summed E-state index contributed by atoms with van der Waals surface area (Å²) >= 11 is 0. The van der Waals surface area contributed by atoms with Crippen molar-refractivity contribution in [1.29, 1.82) is 0 Å². The number of hydrogen-bond acceptors (Lipinski definition) is 13. The van der Waals surface area contributed by atoms with Crippen LogP contribution in [-0.2, 0) is 14.8 Å². The summed E-state index contributed by atoms with van der Waals surface area (Å²) in [7, 11) is -4.74. The lowest BCUT2D eigenvalue weighted by Crippen LogP contribution is -2.65. The Morgan fingerprint density at radius 1 is 1.04 bits per heavy atom. The van der Waals surface area contributed by atoms with E-state index in [1.807, 2.05) is 11.8 Å². The number of halogens is 1. The van der Waals surface area contributed by atoms with Crippen LogP contribution in [0.5, 0.6) is 17.2 Å². The number of anilines is 2. The summed E-state index contributed by atoms with van der Waals surface area (Å²) in [5.41, 5.74) is 2.41. The fraction of sp³-hybridized carbons (Fsp3) is 0.491. The number of benzene rings is 3. The number of carbonyl (C=O) groups excluding carboxylic acids is 2. The van der Waals surface area contributed by atoms with Crippen molar-refractivity contribution in [1.82, 2.24) is 24.5 Å². The van der Waals surface area contributed by atoms with E-state index >= 15 is 0 Å². The number of amides is 2. The highest BCUT2D eigenvalue weighted by atomic mass is 32.2. The average molecular weight is 1010 g/mol. The third-order valence-corrected chi connectivity index (χ3v) is 17.4. The molecule has 5 aliphatic rings. The molecule has 1 spiro atoms. The predicted octanol–water partition coefficient (Wildman–Crippen LogP) is 8.46. The molecule has 3 saturated heterocycles. The van der Waals surface area contributed by atoms with Gasteiger partial charge in [-0.1, -0.05) is 45.0 Å². The molecule has 6 heterocycles. The molecular formula is C53H63FN8O9S. The van der Waals surface area contributed by atoms with Crippen molar-refractivity contribution in [3.8, 4) is 17.2 Å². The van der Waals surface area contributed by atoms with Crippen LogP contribution in [0.1, 0.15) is 112 Å². The number of sulfonamides is 1. The van der Waals surface area contributed by atoms with Crippen LogP contribution in [0.2, 0.25) is 0 Å². The first kappa shape index (κ1) is 49.3. The quantitative estimate of drug-likeness (QED) is 0.0683. The van der Waals surface area contributed by atoms with Crippen molar-refractivity contribution in [3.05, 3.63) is 106 Å². The molecule has 4 aliphatic heterocycles. The maximum absolute atomic E-state index is 14.7. The van der Waals surface area contributed by atoms with Crippen LogP contribution < -0.4 is 24.4 Å². The minimum absolute atomic E-state index is 0.00719. The standard InChI is InChI=1S/C53H63FN8O9S/c1-5-48(63)60-19-14-44(41(28-60)38-9-7-6-8-37(38)32(2)3)61-30-53(31-61)17-20-59(21-18-53)34-10-11-39(46(22-34)71-35-23-40-42(54)27-56-50(40)55-26-35)51(64)58-72(68,69)36-24-45(62(66)67)49-47(25-36)70-29-43(57-49)33-12-15-52(4,65)16-13-33/h6-11,22-27,32-33,41,43-44,57,65H,5,12-21,28-31H2,1-4H3,(H,55,56)(H,58,64)/t33?,41-,43+,44-,52?/m0/s1. The maximum atomic E-state index is 14.7. The highest BCUT2D eigenvalue weighted by Gasteiger charge is 2.50. The van der Waals surface area contributed by atoms with E-state index in [1.54, 1.807) is 19.1 Å². The Bertz CT molecular complexity index is 3010. The molecule has 2 amide bonds. The monoisotopic (exact) mass is 1010 g/mol. The number of carbonyl (C=O) groups is 2. The number of aliphatic hydroxyl groups is 1. The number of pyridine rings is 1. The highest BCUT2D eigenvalue weighted by Crippen LogP contribution is 2.48. The molecule has 0 unspecified atom stereocenters. The molecule has 382 valence electrons. The molecule has 1 aliphatic carbocycles. The van der Waals surface area contributed by atoms with Crippen molar-refractivity contribution in [2.45, 2.75) is 113 Å². The van der Waals surface area contributed by atoms with Gasteiger partial charge in [-0.15, -0.1) is 0 Å². The zero-order chi connectivity index (χ0) is 50.7. The molecule has 1 saturated carbocycles. The normalized spacial score (nSPS) is 24.3. The van der Waals surface area contributed by atoms with Crippen LogP contribution in [0.25, 0.3) is 11.0 Å². The highest BCUT2D eigenvalue weighted by molar-refractivity contribution is 7.90. The van der Waals surface area contributed by atoms with Crippen molar-refractivity contribution in [2.75, 3.05) is 56.1 Å². The molecular weight excluding hydrogens is 944 g/mol. The second kappa shape index (κ2) is 19.3. The first-order valence-electron chi connectivity index (χ1n) is 25.2. The predicted molar refractivity (Wildman–Crippen MR) is 270 cm³/mol. The number of nitro benzene ring substituents is 1. The third-order valence-electron chi connectivity index (χ3n) is 16.1. The van der Waals surface area contributed by atoms with Gasteiger partial charge in [-0.3, -0.25) is 24.6 Å². The van der Waals surface area contributed by atoms with Gasteiger partial charge in [-0.05, 0) is 98.4 Å². The lowest BCUT2D eigenvalue weighted by molar-refractivity contribution is -0.384. The van der Waals surface area contributed by atoms with Crippen molar-refractivity contribution in [2.24, 2.45) is 11.3 Å². The number of H-pyrrole nitrogens is 1. The van der Waals surface area contributed by atoms with Crippen molar-refractivity contribution in [3.63, 3.8) is 0 Å². The van der Waals surface area contributed by atoms with Crippen molar-refractivity contribution >= 4 is 49.9 Å². The Morgan fingerprint density at radius 3 is 2.51 bits per heavy atom. The molecule has 3 atom stereocenters. The zero-order valence-electron chi connectivity index (χ0n) is 41.2.